The van der Waals surface area contributed by atoms with Crippen LogP contribution < -0.4 is 5.32 Å². The van der Waals surface area contributed by atoms with Gasteiger partial charge in [0.25, 0.3) is 0 Å². The van der Waals surface area contributed by atoms with Crippen molar-refractivity contribution in [2.24, 2.45) is 5.41 Å². The lowest BCUT2D eigenvalue weighted by atomic mass is 9.78. The van der Waals surface area contributed by atoms with Crippen LogP contribution in [0, 0.1) is 5.41 Å². The predicted octanol–water partition coefficient (Wildman–Crippen LogP) is 2.85. The number of hydrogen-bond acceptors (Lipinski definition) is 2. The smallest absolute Gasteiger partial charge is 0.317 e. The number of nitrogens with zero attached hydrogens (tertiary/aromatic N) is 1. The standard InChI is InChI=1S/C15H28N2O3/c1-3-5-6-7-10-16-14(20)17-11-8-9-15(4-2,12-17)13(18)19/h3-12H2,1-2H3,(H,16,20)(H,18,19). The fraction of sp³-hybridized carbons (Fsp3) is 0.867. The highest BCUT2D eigenvalue weighted by molar-refractivity contribution is 5.78. The topological polar surface area (TPSA) is 69.6 Å². The summed E-state index contributed by atoms with van der Waals surface area (Å²) in [5.41, 5.74) is -0.752. The molecule has 0 aromatic heterocycles. The summed E-state index contributed by atoms with van der Waals surface area (Å²) < 4.78 is 0. The van der Waals surface area contributed by atoms with E-state index in [2.05, 4.69) is 12.2 Å². The molecule has 1 unspecified atom stereocenters. The maximum atomic E-state index is 12.1. The zero-order valence-electron chi connectivity index (χ0n) is 12.8. The van der Waals surface area contributed by atoms with Gasteiger partial charge in [-0.15, -0.1) is 0 Å². The number of carboxylic acids is 1. The Balaban J connectivity index is 2.42. The first-order valence-electron chi connectivity index (χ1n) is 7.82. The molecule has 20 heavy (non-hydrogen) atoms. The number of piperidine rings is 1. The van der Waals surface area contributed by atoms with Crippen molar-refractivity contribution in [1.82, 2.24) is 10.2 Å². The summed E-state index contributed by atoms with van der Waals surface area (Å²) in [6, 6.07) is -0.111. The Labute approximate surface area is 121 Å². The average molecular weight is 284 g/mol. The van der Waals surface area contributed by atoms with Crippen LogP contribution in [0.2, 0.25) is 0 Å². The van der Waals surface area contributed by atoms with E-state index in [1.54, 1.807) is 4.90 Å². The van der Waals surface area contributed by atoms with Gasteiger partial charge < -0.3 is 15.3 Å². The fourth-order valence-electron chi connectivity index (χ4n) is 2.78. The molecule has 1 aliphatic rings. The van der Waals surface area contributed by atoms with Gasteiger partial charge in [-0.3, -0.25) is 4.79 Å². The number of hydrogen-bond donors (Lipinski definition) is 2. The predicted molar refractivity (Wildman–Crippen MR) is 78.7 cm³/mol. The highest BCUT2D eigenvalue weighted by Gasteiger charge is 2.42. The minimum atomic E-state index is -0.777. The highest BCUT2D eigenvalue weighted by atomic mass is 16.4. The Morgan fingerprint density at radius 1 is 1.25 bits per heavy atom. The molecule has 0 spiro atoms. The Bertz CT molecular complexity index is 333. The van der Waals surface area contributed by atoms with E-state index in [4.69, 9.17) is 0 Å². The quantitative estimate of drug-likeness (QED) is 0.706. The van der Waals surface area contributed by atoms with Crippen molar-refractivity contribution in [2.45, 2.75) is 58.8 Å². The first kappa shape index (κ1) is 16.8. The normalized spacial score (nSPS) is 22.6. The number of amides is 2. The maximum Gasteiger partial charge on any atom is 0.317 e. The van der Waals surface area contributed by atoms with Gasteiger partial charge in [-0.2, -0.15) is 0 Å². The highest BCUT2D eigenvalue weighted by Crippen LogP contribution is 2.33. The Morgan fingerprint density at radius 3 is 2.60 bits per heavy atom. The van der Waals surface area contributed by atoms with Crippen LogP contribution in [-0.2, 0) is 4.79 Å². The van der Waals surface area contributed by atoms with Gasteiger partial charge in [-0.05, 0) is 25.7 Å². The van der Waals surface area contributed by atoms with E-state index in [0.29, 0.717) is 32.5 Å². The molecule has 1 saturated heterocycles. The van der Waals surface area contributed by atoms with Gasteiger partial charge in [0.05, 0.1) is 5.41 Å². The van der Waals surface area contributed by atoms with E-state index < -0.39 is 11.4 Å². The van der Waals surface area contributed by atoms with Crippen LogP contribution in [-0.4, -0.2) is 41.6 Å². The average Bonchev–Trinajstić information content (AvgIpc) is 2.46. The molecule has 0 saturated carbocycles. The third-order valence-corrected chi connectivity index (χ3v) is 4.30. The second-order valence-corrected chi connectivity index (χ2v) is 5.76. The van der Waals surface area contributed by atoms with Crippen LogP contribution in [0.5, 0.6) is 0 Å². The second kappa shape index (κ2) is 8.12. The van der Waals surface area contributed by atoms with E-state index in [1.165, 1.54) is 12.8 Å². The SMILES string of the molecule is CCCCCCNC(=O)N1CCCC(CC)(C(=O)O)C1. The number of urea groups is 1. The zero-order valence-corrected chi connectivity index (χ0v) is 12.8. The molecule has 1 atom stereocenters. The van der Waals surface area contributed by atoms with E-state index in [0.717, 1.165) is 19.3 Å². The molecule has 0 radical (unpaired) electrons. The van der Waals surface area contributed by atoms with Gasteiger partial charge in [-0.1, -0.05) is 33.1 Å². The fourth-order valence-corrected chi connectivity index (χ4v) is 2.78. The lowest BCUT2D eigenvalue weighted by Gasteiger charge is -2.39. The van der Waals surface area contributed by atoms with Crippen LogP contribution in [0.25, 0.3) is 0 Å². The molecule has 0 aromatic carbocycles. The second-order valence-electron chi connectivity index (χ2n) is 5.76. The van der Waals surface area contributed by atoms with Crippen LogP contribution in [0.1, 0.15) is 58.8 Å². The van der Waals surface area contributed by atoms with Gasteiger partial charge >= 0.3 is 12.0 Å². The molecule has 2 N–H and O–H groups in total. The molecule has 1 aliphatic heterocycles. The lowest BCUT2D eigenvalue weighted by Crippen LogP contribution is -2.52. The summed E-state index contributed by atoms with van der Waals surface area (Å²) >= 11 is 0. The van der Waals surface area contributed by atoms with Gasteiger partial charge in [0, 0.05) is 19.6 Å². The third-order valence-electron chi connectivity index (χ3n) is 4.30. The minimum absolute atomic E-state index is 0.111. The number of carbonyl (C=O) groups excluding carboxylic acids is 1. The van der Waals surface area contributed by atoms with Crippen molar-refractivity contribution < 1.29 is 14.7 Å². The monoisotopic (exact) mass is 284 g/mol. The van der Waals surface area contributed by atoms with Crippen molar-refractivity contribution in [1.29, 1.82) is 0 Å². The van der Waals surface area contributed by atoms with Gasteiger partial charge in [-0.25, -0.2) is 4.79 Å². The number of carboxylic acid groups (broad SMARTS) is 1. The summed E-state index contributed by atoms with van der Waals surface area (Å²) in [6.45, 7) is 5.72. The van der Waals surface area contributed by atoms with Crippen molar-refractivity contribution >= 4 is 12.0 Å². The summed E-state index contributed by atoms with van der Waals surface area (Å²) in [4.78, 5) is 25.2. The number of nitrogens with one attached hydrogen (secondary N) is 1. The van der Waals surface area contributed by atoms with Crippen LogP contribution in [0.15, 0.2) is 0 Å². The molecule has 5 nitrogen and oxygen atoms in total. The molecule has 0 aromatic rings. The Hall–Kier alpha value is -1.26. The minimum Gasteiger partial charge on any atom is -0.481 e. The van der Waals surface area contributed by atoms with Crippen molar-refractivity contribution in [3.63, 3.8) is 0 Å². The molecular formula is C15H28N2O3. The van der Waals surface area contributed by atoms with E-state index in [9.17, 15) is 14.7 Å². The Morgan fingerprint density at radius 2 is 2.00 bits per heavy atom. The molecule has 116 valence electrons. The van der Waals surface area contributed by atoms with Gasteiger partial charge in [0.15, 0.2) is 0 Å². The summed E-state index contributed by atoms with van der Waals surface area (Å²) in [5.74, 6) is -0.777. The number of likely N-dealkylation sites (tertiary alicyclic amines) is 1. The van der Waals surface area contributed by atoms with Crippen molar-refractivity contribution in [3.05, 3.63) is 0 Å². The molecular weight excluding hydrogens is 256 g/mol. The summed E-state index contributed by atoms with van der Waals surface area (Å²) in [6.07, 6.45) is 6.50. The van der Waals surface area contributed by atoms with Gasteiger partial charge in [0.2, 0.25) is 0 Å². The number of aliphatic carboxylic acids is 1. The Kier molecular flexibility index (Phi) is 6.82. The van der Waals surface area contributed by atoms with E-state index in [-0.39, 0.29) is 6.03 Å². The zero-order chi connectivity index (χ0) is 15.0. The molecule has 1 heterocycles. The molecule has 0 bridgehead atoms. The van der Waals surface area contributed by atoms with Gasteiger partial charge in [0.1, 0.15) is 0 Å². The number of unbranched alkanes of at least 4 members (excludes halogenated alkanes) is 3. The van der Waals surface area contributed by atoms with Crippen molar-refractivity contribution in [3.8, 4) is 0 Å². The summed E-state index contributed by atoms with van der Waals surface area (Å²) in [7, 11) is 0. The molecule has 2 amide bonds. The lowest BCUT2D eigenvalue weighted by molar-refractivity contribution is -0.152. The van der Waals surface area contributed by atoms with E-state index in [1.807, 2.05) is 6.92 Å². The van der Waals surface area contributed by atoms with Crippen molar-refractivity contribution in [2.75, 3.05) is 19.6 Å². The molecule has 1 fully saturated rings. The number of carbonyl (C=O) groups is 2. The molecule has 0 aliphatic carbocycles. The maximum absolute atomic E-state index is 12.1. The largest absolute Gasteiger partial charge is 0.481 e. The first-order valence-corrected chi connectivity index (χ1v) is 7.82. The third kappa shape index (κ3) is 4.39. The van der Waals surface area contributed by atoms with Crippen LogP contribution in [0.4, 0.5) is 4.79 Å². The number of rotatable bonds is 7. The van der Waals surface area contributed by atoms with Crippen LogP contribution in [0.3, 0.4) is 0 Å². The summed E-state index contributed by atoms with van der Waals surface area (Å²) in [5, 5.41) is 12.3. The molecule has 1 rings (SSSR count). The van der Waals surface area contributed by atoms with Crippen LogP contribution >= 0.6 is 0 Å². The van der Waals surface area contributed by atoms with E-state index >= 15 is 0 Å². The molecule has 5 heteroatoms. The first-order chi connectivity index (χ1) is 9.55.